The van der Waals surface area contributed by atoms with Gasteiger partial charge in [0.05, 0.1) is 7.11 Å². The number of para-hydroxylation sites is 1. The molecule has 0 atom stereocenters. The van der Waals surface area contributed by atoms with Crippen molar-refractivity contribution in [1.82, 2.24) is 5.32 Å². The van der Waals surface area contributed by atoms with Crippen LogP contribution in [-0.4, -0.2) is 21.2 Å². The number of benzene rings is 2. The molecule has 2 rings (SSSR count). The van der Waals surface area contributed by atoms with E-state index in [9.17, 15) is 4.39 Å². The summed E-state index contributed by atoms with van der Waals surface area (Å²) in [4.78, 5) is 2.04. The minimum absolute atomic E-state index is 0.186. The van der Waals surface area contributed by atoms with Gasteiger partial charge < -0.3 is 15.0 Å². The molecule has 0 saturated carbocycles. The Kier molecular flexibility index (Phi) is 5.17. The zero-order valence-corrected chi connectivity index (χ0v) is 12.7. The van der Waals surface area contributed by atoms with Gasteiger partial charge in [0.2, 0.25) is 0 Å². The molecule has 0 unspecified atom stereocenters. The highest BCUT2D eigenvalue weighted by Crippen LogP contribution is 2.26. The van der Waals surface area contributed by atoms with E-state index in [4.69, 9.17) is 4.74 Å². The van der Waals surface area contributed by atoms with Crippen LogP contribution >= 0.6 is 0 Å². The van der Waals surface area contributed by atoms with E-state index in [1.54, 1.807) is 13.2 Å². The molecule has 0 aliphatic heterocycles. The van der Waals surface area contributed by atoms with Crippen LogP contribution in [0.4, 0.5) is 10.1 Å². The van der Waals surface area contributed by atoms with E-state index in [1.165, 1.54) is 6.07 Å². The van der Waals surface area contributed by atoms with E-state index in [-0.39, 0.29) is 5.82 Å². The van der Waals surface area contributed by atoms with Crippen molar-refractivity contribution in [3.8, 4) is 5.75 Å². The number of ether oxygens (including phenoxy) is 1. The Bertz CT molecular complexity index is 601. The number of rotatable bonds is 6. The molecular weight excluding hydrogens is 267 g/mol. The third kappa shape index (κ3) is 3.52. The van der Waals surface area contributed by atoms with Crippen molar-refractivity contribution < 1.29 is 9.13 Å². The predicted molar refractivity (Wildman–Crippen MR) is 84.3 cm³/mol. The fourth-order valence-electron chi connectivity index (χ4n) is 2.43. The van der Waals surface area contributed by atoms with Gasteiger partial charge in [-0.05, 0) is 25.2 Å². The summed E-state index contributed by atoms with van der Waals surface area (Å²) >= 11 is 0. The van der Waals surface area contributed by atoms with Gasteiger partial charge >= 0.3 is 0 Å². The second-order valence-electron chi connectivity index (χ2n) is 4.94. The Balaban J connectivity index is 2.28. The predicted octanol–water partition coefficient (Wildman–Crippen LogP) is 3.19. The van der Waals surface area contributed by atoms with Gasteiger partial charge in [-0.1, -0.05) is 24.3 Å². The van der Waals surface area contributed by atoms with Crippen molar-refractivity contribution in [3.63, 3.8) is 0 Å². The highest BCUT2D eigenvalue weighted by molar-refractivity contribution is 5.54. The molecule has 0 amide bonds. The number of hydrogen-bond acceptors (Lipinski definition) is 3. The van der Waals surface area contributed by atoms with E-state index < -0.39 is 0 Å². The lowest BCUT2D eigenvalue weighted by Gasteiger charge is -2.24. The monoisotopic (exact) mass is 288 g/mol. The Morgan fingerprint density at radius 3 is 2.62 bits per heavy atom. The average molecular weight is 288 g/mol. The number of hydrogen-bond donors (Lipinski definition) is 1. The largest absolute Gasteiger partial charge is 0.496 e. The molecule has 0 spiro atoms. The molecule has 2 aromatic rings. The third-order valence-electron chi connectivity index (χ3n) is 3.46. The highest BCUT2D eigenvalue weighted by atomic mass is 19.1. The standard InChI is InChI=1S/C17H21FN2O/c1-19-11-14-15(18)8-6-9-16(14)20(2)12-13-7-4-5-10-17(13)21-3/h4-10,19H,11-12H2,1-3H3. The van der Waals surface area contributed by atoms with Gasteiger partial charge in [-0.25, -0.2) is 4.39 Å². The summed E-state index contributed by atoms with van der Waals surface area (Å²) in [6.45, 7) is 1.16. The van der Waals surface area contributed by atoms with Gasteiger partial charge in [0.15, 0.2) is 0 Å². The molecule has 0 bridgehead atoms. The summed E-state index contributed by atoms with van der Waals surface area (Å²) < 4.78 is 19.4. The quantitative estimate of drug-likeness (QED) is 0.883. The summed E-state index contributed by atoms with van der Waals surface area (Å²) in [6, 6.07) is 13.0. The van der Waals surface area contributed by atoms with E-state index in [0.717, 1.165) is 17.0 Å². The van der Waals surface area contributed by atoms with E-state index >= 15 is 0 Å². The summed E-state index contributed by atoms with van der Waals surface area (Å²) in [5.41, 5.74) is 2.63. The lowest BCUT2D eigenvalue weighted by Crippen LogP contribution is -2.20. The van der Waals surface area contributed by atoms with Crippen molar-refractivity contribution in [2.45, 2.75) is 13.1 Å². The first-order valence-electron chi connectivity index (χ1n) is 6.92. The topological polar surface area (TPSA) is 24.5 Å². The van der Waals surface area contributed by atoms with Crippen LogP contribution in [0.3, 0.4) is 0 Å². The molecule has 3 nitrogen and oxygen atoms in total. The number of methoxy groups -OCH3 is 1. The molecule has 4 heteroatoms. The number of nitrogens with one attached hydrogen (secondary N) is 1. The van der Waals surface area contributed by atoms with Crippen LogP contribution < -0.4 is 15.0 Å². The molecule has 0 saturated heterocycles. The Morgan fingerprint density at radius 2 is 1.90 bits per heavy atom. The maximum atomic E-state index is 14.0. The van der Waals surface area contributed by atoms with E-state index in [1.807, 2.05) is 49.3 Å². The smallest absolute Gasteiger partial charge is 0.129 e. The molecule has 0 heterocycles. The van der Waals surface area contributed by atoms with Gasteiger partial charge in [-0.2, -0.15) is 0 Å². The lowest BCUT2D eigenvalue weighted by atomic mass is 10.1. The van der Waals surface area contributed by atoms with Gasteiger partial charge in [0.1, 0.15) is 11.6 Å². The number of halogens is 1. The molecule has 0 aromatic heterocycles. The number of anilines is 1. The molecule has 1 N–H and O–H groups in total. The molecule has 0 aliphatic carbocycles. The van der Waals surface area contributed by atoms with Gasteiger partial charge in [-0.3, -0.25) is 0 Å². The van der Waals surface area contributed by atoms with Crippen LogP contribution in [0.15, 0.2) is 42.5 Å². The average Bonchev–Trinajstić information content (AvgIpc) is 2.50. The number of nitrogens with zero attached hydrogens (tertiary/aromatic N) is 1. The summed E-state index contributed by atoms with van der Waals surface area (Å²) in [5.74, 6) is 0.657. The van der Waals surface area contributed by atoms with Crippen LogP contribution in [0.2, 0.25) is 0 Å². The van der Waals surface area contributed by atoms with Crippen molar-refractivity contribution >= 4 is 5.69 Å². The third-order valence-corrected chi connectivity index (χ3v) is 3.46. The molecule has 112 valence electrons. The fourth-order valence-corrected chi connectivity index (χ4v) is 2.43. The van der Waals surface area contributed by atoms with Crippen LogP contribution in [-0.2, 0) is 13.1 Å². The normalized spacial score (nSPS) is 10.5. The zero-order valence-electron chi connectivity index (χ0n) is 12.7. The minimum Gasteiger partial charge on any atom is -0.496 e. The van der Waals surface area contributed by atoms with Crippen molar-refractivity contribution in [3.05, 3.63) is 59.4 Å². The molecule has 2 aromatic carbocycles. The molecular formula is C17H21FN2O. The lowest BCUT2D eigenvalue weighted by molar-refractivity contribution is 0.409. The second-order valence-corrected chi connectivity index (χ2v) is 4.94. The molecule has 0 fully saturated rings. The SMILES string of the molecule is CNCc1c(F)cccc1N(C)Cc1ccccc1OC. The Hall–Kier alpha value is -2.07. The van der Waals surface area contributed by atoms with Crippen LogP contribution in [0.1, 0.15) is 11.1 Å². The summed E-state index contributed by atoms with van der Waals surface area (Å²) in [7, 11) is 5.43. The fraction of sp³-hybridized carbons (Fsp3) is 0.294. The first kappa shape index (κ1) is 15.3. The Labute approximate surface area is 125 Å². The maximum Gasteiger partial charge on any atom is 0.129 e. The summed E-state index contributed by atoms with van der Waals surface area (Å²) in [5, 5.41) is 3.02. The van der Waals surface area contributed by atoms with Crippen LogP contribution in [0, 0.1) is 5.82 Å². The molecule has 21 heavy (non-hydrogen) atoms. The summed E-state index contributed by atoms with van der Waals surface area (Å²) in [6.07, 6.45) is 0. The van der Waals surface area contributed by atoms with Crippen LogP contribution in [0.5, 0.6) is 5.75 Å². The van der Waals surface area contributed by atoms with Gasteiger partial charge in [0.25, 0.3) is 0 Å². The molecule has 0 radical (unpaired) electrons. The van der Waals surface area contributed by atoms with Gasteiger partial charge in [-0.15, -0.1) is 0 Å². The van der Waals surface area contributed by atoms with Crippen molar-refractivity contribution in [1.29, 1.82) is 0 Å². The second kappa shape index (κ2) is 7.09. The van der Waals surface area contributed by atoms with Gasteiger partial charge in [0, 0.05) is 37.0 Å². The molecule has 0 aliphatic rings. The minimum atomic E-state index is -0.186. The van der Waals surface area contributed by atoms with E-state index in [0.29, 0.717) is 18.7 Å². The van der Waals surface area contributed by atoms with Crippen molar-refractivity contribution in [2.75, 3.05) is 26.1 Å². The van der Waals surface area contributed by atoms with E-state index in [2.05, 4.69) is 5.32 Å². The first-order chi connectivity index (χ1) is 10.2. The van der Waals surface area contributed by atoms with Crippen molar-refractivity contribution in [2.24, 2.45) is 0 Å². The maximum absolute atomic E-state index is 14.0. The highest BCUT2D eigenvalue weighted by Gasteiger charge is 2.13. The zero-order chi connectivity index (χ0) is 15.2. The van der Waals surface area contributed by atoms with Crippen LogP contribution in [0.25, 0.3) is 0 Å². The Morgan fingerprint density at radius 1 is 1.14 bits per heavy atom. The first-order valence-corrected chi connectivity index (χ1v) is 6.92.